The van der Waals surface area contributed by atoms with Crippen LogP contribution in [0.25, 0.3) is 0 Å². The predicted octanol–water partition coefficient (Wildman–Crippen LogP) is 1.77. The first-order valence-electron chi connectivity index (χ1n) is 5.09. The van der Waals surface area contributed by atoms with Crippen LogP contribution in [0.3, 0.4) is 0 Å². The molecule has 5 nitrogen and oxygen atoms in total. The lowest BCUT2D eigenvalue weighted by Gasteiger charge is -2.16. The summed E-state index contributed by atoms with van der Waals surface area (Å²) in [5.41, 5.74) is 0. The van der Waals surface area contributed by atoms with E-state index in [1.54, 1.807) is 6.92 Å². The van der Waals surface area contributed by atoms with E-state index in [1.807, 2.05) is 13.8 Å². The lowest BCUT2D eigenvalue weighted by molar-refractivity contribution is 0.0702. The highest BCUT2D eigenvalue weighted by molar-refractivity contribution is 7.91. The fourth-order valence-corrected chi connectivity index (χ4v) is 3.57. The van der Waals surface area contributed by atoms with Gasteiger partial charge in [-0.15, -0.1) is 11.3 Å². The second-order valence-electron chi connectivity index (χ2n) is 4.08. The maximum Gasteiger partial charge on any atom is 0.345 e. The smallest absolute Gasteiger partial charge is 0.345 e. The van der Waals surface area contributed by atoms with Gasteiger partial charge in [0.25, 0.3) is 0 Å². The second kappa shape index (κ2) is 5.16. The lowest BCUT2D eigenvalue weighted by atomic mass is 10.1. The monoisotopic (exact) mass is 277 g/mol. The Morgan fingerprint density at radius 3 is 2.35 bits per heavy atom. The second-order valence-corrected chi connectivity index (χ2v) is 7.10. The first-order chi connectivity index (χ1) is 7.74. The number of hydrogen-bond donors (Lipinski definition) is 2. The predicted molar refractivity (Wildman–Crippen MR) is 65.9 cm³/mol. The molecule has 2 N–H and O–H groups in total. The molecular formula is C10H15NO4S2. The van der Waals surface area contributed by atoms with Crippen molar-refractivity contribution in [2.24, 2.45) is 5.92 Å². The van der Waals surface area contributed by atoms with Gasteiger partial charge in [-0.1, -0.05) is 13.8 Å². The van der Waals surface area contributed by atoms with Crippen molar-refractivity contribution in [2.75, 3.05) is 0 Å². The molecule has 96 valence electrons. The molecule has 0 aliphatic heterocycles. The highest BCUT2D eigenvalue weighted by Crippen LogP contribution is 2.22. The summed E-state index contributed by atoms with van der Waals surface area (Å²) in [7, 11) is -3.61. The maximum absolute atomic E-state index is 11.9. The Morgan fingerprint density at radius 1 is 1.35 bits per heavy atom. The number of carboxylic acids is 1. The summed E-state index contributed by atoms with van der Waals surface area (Å²) < 4.78 is 26.3. The van der Waals surface area contributed by atoms with E-state index < -0.39 is 16.0 Å². The van der Waals surface area contributed by atoms with Gasteiger partial charge in [0, 0.05) is 6.04 Å². The number of rotatable bonds is 5. The minimum Gasteiger partial charge on any atom is -0.477 e. The maximum atomic E-state index is 11.9. The Morgan fingerprint density at radius 2 is 1.94 bits per heavy atom. The van der Waals surface area contributed by atoms with E-state index in [1.165, 1.54) is 12.1 Å². The van der Waals surface area contributed by atoms with Crippen LogP contribution in [0.4, 0.5) is 0 Å². The van der Waals surface area contributed by atoms with E-state index in [2.05, 4.69) is 4.72 Å². The summed E-state index contributed by atoms with van der Waals surface area (Å²) in [6, 6.07) is 2.40. The minimum atomic E-state index is -3.61. The molecule has 0 saturated carbocycles. The average molecular weight is 277 g/mol. The summed E-state index contributed by atoms with van der Waals surface area (Å²) in [5.74, 6) is -0.947. The molecule has 0 bridgehead atoms. The first kappa shape index (κ1) is 14.1. The third-order valence-corrected chi connectivity index (χ3v) is 5.52. The van der Waals surface area contributed by atoms with Crippen molar-refractivity contribution in [1.82, 2.24) is 4.72 Å². The van der Waals surface area contributed by atoms with Gasteiger partial charge in [-0.3, -0.25) is 0 Å². The summed E-state index contributed by atoms with van der Waals surface area (Å²) >= 11 is 0.752. The molecular weight excluding hydrogens is 262 g/mol. The normalized spacial score (nSPS) is 13.9. The van der Waals surface area contributed by atoms with E-state index in [4.69, 9.17) is 5.11 Å². The van der Waals surface area contributed by atoms with Crippen molar-refractivity contribution in [3.05, 3.63) is 17.0 Å². The number of carbonyl (C=O) groups is 1. The summed E-state index contributed by atoms with van der Waals surface area (Å²) in [4.78, 5) is 10.7. The van der Waals surface area contributed by atoms with Gasteiger partial charge in [-0.05, 0) is 25.0 Å². The van der Waals surface area contributed by atoms with E-state index >= 15 is 0 Å². The number of hydrogen-bond acceptors (Lipinski definition) is 4. The van der Waals surface area contributed by atoms with Crippen molar-refractivity contribution in [1.29, 1.82) is 0 Å². The van der Waals surface area contributed by atoms with Crippen molar-refractivity contribution in [2.45, 2.75) is 31.0 Å². The molecule has 1 heterocycles. The number of thiophene rings is 1. The average Bonchev–Trinajstić information content (AvgIpc) is 2.65. The Labute approximate surface area is 105 Å². The fraction of sp³-hybridized carbons (Fsp3) is 0.500. The molecule has 0 amide bonds. The topological polar surface area (TPSA) is 83.5 Å². The van der Waals surface area contributed by atoms with Crippen molar-refractivity contribution >= 4 is 27.3 Å². The van der Waals surface area contributed by atoms with Gasteiger partial charge in [-0.2, -0.15) is 0 Å². The van der Waals surface area contributed by atoms with Crippen LogP contribution in [-0.4, -0.2) is 25.5 Å². The number of aromatic carboxylic acids is 1. The molecule has 1 atom stereocenters. The molecule has 1 aromatic heterocycles. The first-order valence-corrected chi connectivity index (χ1v) is 7.39. The number of nitrogens with one attached hydrogen (secondary N) is 1. The SMILES string of the molecule is CC(C)C(C)NS(=O)(=O)c1ccc(C(=O)O)s1. The largest absolute Gasteiger partial charge is 0.477 e. The summed E-state index contributed by atoms with van der Waals surface area (Å²) in [6.45, 7) is 5.59. The zero-order chi connectivity index (χ0) is 13.2. The van der Waals surface area contributed by atoms with Gasteiger partial charge < -0.3 is 5.11 Å². The van der Waals surface area contributed by atoms with Gasteiger partial charge in [0.2, 0.25) is 10.0 Å². The quantitative estimate of drug-likeness (QED) is 0.859. The molecule has 17 heavy (non-hydrogen) atoms. The van der Waals surface area contributed by atoms with Crippen LogP contribution >= 0.6 is 11.3 Å². The van der Waals surface area contributed by atoms with Crippen molar-refractivity contribution in [3.63, 3.8) is 0 Å². The molecule has 0 aromatic carbocycles. The zero-order valence-electron chi connectivity index (χ0n) is 9.80. The Balaban J connectivity index is 2.93. The van der Waals surface area contributed by atoms with Crippen molar-refractivity contribution < 1.29 is 18.3 Å². The van der Waals surface area contributed by atoms with Gasteiger partial charge in [-0.25, -0.2) is 17.9 Å². The Bertz CT molecular complexity index is 504. The van der Waals surface area contributed by atoms with E-state index in [0.717, 1.165) is 11.3 Å². The lowest BCUT2D eigenvalue weighted by Crippen LogP contribution is -2.35. The molecule has 0 aliphatic carbocycles. The van der Waals surface area contributed by atoms with E-state index in [9.17, 15) is 13.2 Å². The number of sulfonamides is 1. The summed E-state index contributed by atoms with van der Waals surface area (Å²) in [5, 5.41) is 8.73. The standard InChI is InChI=1S/C10H15NO4S2/c1-6(2)7(3)11-17(14,15)9-5-4-8(16-9)10(12)13/h4-7,11H,1-3H3,(H,12,13). The van der Waals surface area contributed by atoms with Crippen LogP contribution in [0.2, 0.25) is 0 Å². The summed E-state index contributed by atoms with van der Waals surface area (Å²) in [6.07, 6.45) is 0. The minimum absolute atomic E-state index is 0.0163. The highest BCUT2D eigenvalue weighted by atomic mass is 32.2. The van der Waals surface area contributed by atoms with Crippen LogP contribution in [0.5, 0.6) is 0 Å². The molecule has 1 aromatic rings. The molecule has 0 radical (unpaired) electrons. The molecule has 7 heteroatoms. The van der Waals surface area contributed by atoms with Crippen molar-refractivity contribution in [3.8, 4) is 0 Å². The number of carboxylic acid groups (broad SMARTS) is 1. The highest BCUT2D eigenvalue weighted by Gasteiger charge is 2.22. The molecule has 1 unspecified atom stereocenters. The van der Waals surface area contributed by atoms with Crippen LogP contribution in [-0.2, 0) is 10.0 Å². The van der Waals surface area contributed by atoms with Gasteiger partial charge >= 0.3 is 5.97 Å². The third-order valence-electron chi connectivity index (χ3n) is 2.40. The van der Waals surface area contributed by atoms with Gasteiger partial charge in [0.1, 0.15) is 9.09 Å². The van der Waals surface area contributed by atoms with Crippen LogP contribution in [0.15, 0.2) is 16.3 Å². The van der Waals surface area contributed by atoms with E-state index in [-0.39, 0.29) is 21.0 Å². The van der Waals surface area contributed by atoms with Gasteiger partial charge in [0.05, 0.1) is 0 Å². The molecule has 0 spiro atoms. The Kier molecular flexibility index (Phi) is 4.29. The van der Waals surface area contributed by atoms with Gasteiger partial charge in [0.15, 0.2) is 0 Å². The van der Waals surface area contributed by atoms with Crippen LogP contribution in [0, 0.1) is 5.92 Å². The van der Waals surface area contributed by atoms with Crippen LogP contribution in [0.1, 0.15) is 30.4 Å². The molecule has 1 rings (SSSR count). The third kappa shape index (κ3) is 3.52. The van der Waals surface area contributed by atoms with Crippen LogP contribution < -0.4 is 4.72 Å². The fourth-order valence-electron chi connectivity index (χ4n) is 1.02. The molecule has 0 saturated heterocycles. The zero-order valence-corrected chi connectivity index (χ0v) is 11.4. The molecule has 0 fully saturated rings. The van der Waals surface area contributed by atoms with E-state index in [0.29, 0.717) is 0 Å². The Hall–Kier alpha value is -0.920. The molecule has 0 aliphatic rings.